The molecule has 0 N–H and O–H groups in total. The molecule has 0 saturated carbocycles. The van der Waals surface area contributed by atoms with Crippen molar-refractivity contribution in [3.8, 4) is 12.1 Å². The molecule has 0 spiro atoms. The summed E-state index contributed by atoms with van der Waals surface area (Å²) in [7, 11) is 0. The molecule has 0 bridgehead atoms. The van der Waals surface area contributed by atoms with Gasteiger partial charge in [-0.15, -0.1) is 0 Å². The predicted octanol–water partition coefficient (Wildman–Crippen LogP) is 3.80. The van der Waals surface area contributed by atoms with Gasteiger partial charge >= 0.3 is 6.18 Å². The van der Waals surface area contributed by atoms with Gasteiger partial charge in [0.25, 0.3) is 0 Å². The van der Waals surface area contributed by atoms with Crippen LogP contribution in [0.25, 0.3) is 0 Å². The standard InChI is InChI=1S/C16H10F3N3/c1-15(10-21,12-5-3-2-4-6-12)14-11(9-20)7-8-13(22-14)16(17,18)19/h2-8H,1H3. The van der Waals surface area contributed by atoms with E-state index in [1.807, 2.05) is 6.07 Å². The minimum absolute atomic E-state index is 0.0547. The van der Waals surface area contributed by atoms with E-state index in [0.29, 0.717) is 5.56 Å². The van der Waals surface area contributed by atoms with Crippen molar-refractivity contribution in [2.45, 2.75) is 18.5 Å². The lowest BCUT2D eigenvalue weighted by molar-refractivity contribution is -0.141. The number of aromatic nitrogens is 1. The molecule has 0 fully saturated rings. The van der Waals surface area contributed by atoms with E-state index in [1.54, 1.807) is 36.4 Å². The summed E-state index contributed by atoms with van der Waals surface area (Å²) < 4.78 is 38.6. The molecule has 0 saturated heterocycles. The first kappa shape index (κ1) is 15.5. The third-order valence-electron chi connectivity index (χ3n) is 3.35. The maximum absolute atomic E-state index is 12.9. The summed E-state index contributed by atoms with van der Waals surface area (Å²) in [6.45, 7) is 1.45. The Kier molecular flexibility index (Phi) is 3.88. The summed E-state index contributed by atoms with van der Waals surface area (Å²) in [6, 6.07) is 13.9. The molecule has 2 rings (SSSR count). The SMILES string of the molecule is CC(C#N)(c1ccccc1)c1nc(C(F)(F)F)ccc1C#N. The van der Waals surface area contributed by atoms with Gasteiger partial charge in [0.2, 0.25) is 0 Å². The Balaban J connectivity index is 2.73. The molecule has 0 radical (unpaired) electrons. The van der Waals surface area contributed by atoms with E-state index in [2.05, 4.69) is 4.98 Å². The van der Waals surface area contributed by atoms with Crippen LogP contribution in [-0.2, 0) is 11.6 Å². The third kappa shape index (κ3) is 2.64. The summed E-state index contributed by atoms with van der Waals surface area (Å²) in [5.41, 5.74) is -2.35. The first-order chi connectivity index (χ1) is 10.3. The molecule has 1 atom stereocenters. The molecule has 3 nitrogen and oxygen atoms in total. The normalized spacial score (nSPS) is 13.7. The van der Waals surface area contributed by atoms with Crippen LogP contribution in [0.2, 0.25) is 0 Å². The number of hydrogen-bond donors (Lipinski definition) is 0. The summed E-state index contributed by atoms with van der Waals surface area (Å²) >= 11 is 0. The van der Waals surface area contributed by atoms with E-state index >= 15 is 0 Å². The largest absolute Gasteiger partial charge is 0.433 e. The van der Waals surface area contributed by atoms with E-state index in [9.17, 15) is 18.4 Å². The lowest BCUT2D eigenvalue weighted by Gasteiger charge is -2.23. The number of benzene rings is 1. The second-order valence-corrected chi connectivity index (χ2v) is 4.81. The summed E-state index contributed by atoms with van der Waals surface area (Å²) in [6.07, 6.45) is -4.64. The van der Waals surface area contributed by atoms with E-state index in [4.69, 9.17) is 5.26 Å². The average molecular weight is 301 g/mol. The van der Waals surface area contributed by atoms with E-state index < -0.39 is 17.3 Å². The Morgan fingerprint density at radius 2 is 1.64 bits per heavy atom. The van der Waals surface area contributed by atoms with Crippen molar-refractivity contribution in [2.75, 3.05) is 0 Å². The van der Waals surface area contributed by atoms with Crippen LogP contribution in [0.3, 0.4) is 0 Å². The van der Waals surface area contributed by atoms with Gasteiger partial charge in [-0.05, 0) is 24.6 Å². The molecule has 1 aromatic heterocycles. The minimum atomic E-state index is -4.64. The van der Waals surface area contributed by atoms with Gasteiger partial charge in [-0.25, -0.2) is 4.98 Å². The van der Waals surface area contributed by atoms with Crippen LogP contribution in [-0.4, -0.2) is 4.98 Å². The molecule has 0 aliphatic heterocycles. The van der Waals surface area contributed by atoms with Crippen molar-refractivity contribution in [1.82, 2.24) is 4.98 Å². The number of pyridine rings is 1. The maximum Gasteiger partial charge on any atom is 0.433 e. The molecule has 6 heteroatoms. The lowest BCUT2D eigenvalue weighted by Crippen LogP contribution is -2.26. The molecule has 0 amide bonds. The molecule has 1 unspecified atom stereocenters. The highest BCUT2D eigenvalue weighted by Crippen LogP contribution is 2.35. The Morgan fingerprint density at radius 1 is 1.00 bits per heavy atom. The summed E-state index contributed by atoms with van der Waals surface area (Å²) in [4.78, 5) is 3.56. The van der Waals surface area contributed by atoms with Crippen LogP contribution < -0.4 is 0 Å². The number of alkyl halides is 3. The zero-order valence-corrected chi connectivity index (χ0v) is 11.5. The van der Waals surface area contributed by atoms with E-state index in [0.717, 1.165) is 12.1 Å². The fourth-order valence-electron chi connectivity index (χ4n) is 2.11. The van der Waals surface area contributed by atoms with Crippen molar-refractivity contribution >= 4 is 0 Å². The lowest BCUT2D eigenvalue weighted by atomic mass is 9.79. The monoisotopic (exact) mass is 301 g/mol. The van der Waals surface area contributed by atoms with Crippen LogP contribution in [0.1, 0.15) is 29.4 Å². The Morgan fingerprint density at radius 3 is 2.14 bits per heavy atom. The number of hydrogen-bond acceptors (Lipinski definition) is 3. The van der Waals surface area contributed by atoms with Crippen molar-refractivity contribution in [1.29, 1.82) is 10.5 Å². The molecule has 22 heavy (non-hydrogen) atoms. The second kappa shape index (κ2) is 5.50. The number of rotatable bonds is 2. The molecular formula is C16H10F3N3. The quantitative estimate of drug-likeness (QED) is 0.847. The smallest absolute Gasteiger partial charge is 0.245 e. The van der Waals surface area contributed by atoms with E-state index in [1.165, 1.54) is 6.92 Å². The van der Waals surface area contributed by atoms with Crippen LogP contribution >= 0.6 is 0 Å². The average Bonchev–Trinajstić information content (AvgIpc) is 2.53. The van der Waals surface area contributed by atoms with Gasteiger partial charge in [0.05, 0.1) is 17.3 Å². The predicted molar refractivity (Wildman–Crippen MR) is 72.5 cm³/mol. The first-order valence-electron chi connectivity index (χ1n) is 6.28. The number of halogens is 3. The Labute approximate surface area is 125 Å². The van der Waals surface area contributed by atoms with Crippen molar-refractivity contribution in [2.24, 2.45) is 0 Å². The van der Waals surface area contributed by atoms with Crippen LogP contribution in [0, 0.1) is 22.7 Å². The highest BCUT2D eigenvalue weighted by Gasteiger charge is 2.38. The maximum atomic E-state index is 12.9. The van der Waals surface area contributed by atoms with Gasteiger partial charge in [0.15, 0.2) is 0 Å². The minimum Gasteiger partial charge on any atom is -0.245 e. The van der Waals surface area contributed by atoms with Gasteiger partial charge in [0.1, 0.15) is 17.2 Å². The fraction of sp³-hybridized carbons (Fsp3) is 0.188. The summed E-state index contributed by atoms with van der Waals surface area (Å²) in [5, 5.41) is 18.7. The van der Waals surface area contributed by atoms with Crippen LogP contribution in [0.15, 0.2) is 42.5 Å². The molecule has 0 aliphatic carbocycles. The molecular weight excluding hydrogens is 291 g/mol. The van der Waals surface area contributed by atoms with Crippen molar-refractivity contribution in [3.05, 3.63) is 65.0 Å². The Bertz CT molecular complexity index is 770. The summed E-state index contributed by atoms with van der Waals surface area (Å²) in [5.74, 6) is 0. The van der Waals surface area contributed by atoms with Gasteiger partial charge in [-0.3, -0.25) is 0 Å². The Hall–Kier alpha value is -2.86. The number of nitriles is 2. The van der Waals surface area contributed by atoms with Gasteiger partial charge in [-0.1, -0.05) is 30.3 Å². The van der Waals surface area contributed by atoms with Crippen molar-refractivity contribution < 1.29 is 13.2 Å². The molecule has 2 aromatic rings. The molecule has 110 valence electrons. The zero-order valence-electron chi connectivity index (χ0n) is 11.5. The molecule has 1 heterocycles. The van der Waals surface area contributed by atoms with E-state index in [-0.39, 0.29) is 11.3 Å². The third-order valence-corrected chi connectivity index (χ3v) is 3.35. The molecule has 1 aromatic carbocycles. The number of nitrogens with zero attached hydrogens (tertiary/aromatic N) is 3. The highest BCUT2D eigenvalue weighted by atomic mass is 19.4. The second-order valence-electron chi connectivity index (χ2n) is 4.81. The zero-order chi connectivity index (χ0) is 16.4. The van der Waals surface area contributed by atoms with Gasteiger partial charge in [-0.2, -0.15) is 23.7 Å². The van der Waals surface area contributed by atoms with Crippen molar-refractivity contribution in [3.63, 3.8) is 0 Å². The molecule has 0 aliphatic rings. The topological polar surface area (TPSA) is 60.5 Å². The highest BCUT2D eigenvalue weighted by molar-refractivity contribution is 5.49. The van der Waals surface area contributed by atoms with Gasteiger partial charge in [0, 0.05) is 0 Å². The van der Waals surface area contributed by atoms with Crippen LogP contribution in [0.4, 0.5) is 13.2 Å². The van der Waals surface area contributed by atoms with Crippen LogP contribution in [0.5, 0.6) is 0 Å². The fourth-order valence-corrected chi connectivity index (χ4v) is 2.11. The first-order valence-corrected chi connectivity index (χ1v) is 6.28. The van der Waals surface area contributed by atoms with Gasteiger partial charge < -0.3 is 0 Å².